The molecule has 2 aromatic rings. The average Bonchev–Trinajstić information content (AvgIpc) is 2.72. The highest BCUT2D eigenvalue weighted by atomic mass is 32.1. The molecule has 0 saturated heterocycles. The van der Waals surface area contributed by atoms with E-state index in [-0.39, 0.29) is 12.0 Å². The van der Waals surface area contributed by atoms with Gasteiger partial charge < -0.3 is 10.1 Å². The normalized spacial score (nSPS) is 17.6. The maximum atomic E-state index is 9.35. The van der Waals surface area contributed by atoms with Gasteiger partial charge in [-0.2, -0.15) is 0 Å². The number of aliphatic hydroxyl groups is 1. The summed E-state index contributed by atoms with van der Waals surface area (Å²) in [7, 11) is 0. The van der Waals surface area contributed by atoms with Gasteiger partial charge in [0.1, 0.15) is 5.82 Å². The Kier molecular flexibility index (Phi) is 2.16. The van der Waals surface area contributed by atoms with E-state index in [4.69, 9.17) is 0 Å². The Morgan fingerprint density at radius 2 is 2.38 bits per heavy atom. The minimum atomic E-state index is -0.0661. The summed E-state index contributed by atoms with van der Waals surface area (Å²) in [5.41, 5.74) is 2.28. The van der Waals surface area contributed by atoms with Crippen LogP contribution in [-0.4, -0.2) is 21.7 Å². The lowest BCUT2D eigenvalue weighted by atomic mass is 10.1. The summed E-state index contributed by atoms with van der Waals surface area (Å²) in [6.45, 7) is 2.30. The first-order valence-electron chi connectivity index (χ1n) is 5.46. The van der Waals surface area contributed by atoms with Gasteiger partial charge in [-0.25, -0.2) is 4.98 Å². The van der Waals surface area contributed by atoms with Crippen LogP contribution in [0.2, 0.25) is 0 Å². The molecule has 1 fully saturated rings. The lowest BCUT2D eigenvalue weighted by Gasteiger charge is -2.06. The molecular weight excluding hydrogens is 220 g/mol. The van der Waals surface area contributed by atoms with E-state index in [9.17, 15) is 5.11 Å². The first kappa shape index (κ1) is 10.1. The molecule has 0 spiro atoms. The van der Waals surface area contributed by atoms with Crippen LogP contribution < -0.4 is 0 Å². The minimum Gasteiger partial charge on any atom is -0.395 e. The largest absolute Gasteiger partial charge is 0.395 e. The summed E-state index contributed by atoms with van der Waals surface area (Å²) >= 11 is 1.72. The summed E-state index contributed by atoms with van der Waals surface area (Å²) in [6, 6.07) is 2.11. The van der Waals surface area contributed by atoms with Crippen LogP contribution in [0.25, 0.3) is 10.6 Å². The van der Waals surface area contributed by atoms with Gasteiger partial charge in [-0.3, -0.25) is 0 Å². The SMILES string of the molecule is Cc1ccsc1-c1cnc(C2(CO)CC2)[nH]1. The average molecular weight is 234 g/mol. The number of hydrogen-bond donors (Lipinski definition) is 2. The van der Waals surface area contributed by atoms with Crippen LogP contribution in [0.5, 0.6) is 0 Å². The Morgan fingerprint density at radius 1 is 1.56 bits per heavy atom. The Hall–Kier alpha value is -1.13. The van der Waals surface area contributed by atoms with Crippen LogP contribution in [0.15, 0.2) is 17.6 Å². The lowest BCUT2D eigenvalue weighted by molar-refractivity contribution is 0.250. The predicted molar refractivity (Wildman–Crippen MR) is 64.6 cm³/mol. The molecule has 1 aliphatic carbocycles. The van der Waals surface area contributed by atoms with E-state index in [1.54, 1.807) is 11.3 Å². The van der Waals surface area contributed by atoms with Gasteiger partial charge in [0.15, 0.2) is 0 Å². The number of thiophene rings is 1. The maximum absolute atomic E-state index is 9.35. The first-order chi connectivity index (χ1) is 7.75. The Balaban J connectivity index is 1.97. The Bertz CT molecular complexity index is 511. The van der Waals surface area contributed by atoms with E-state index < -0.39 is 0 Å². The number of hydrogen-bond acceptors (Lipinski definition) is 3. The van der Waals surface area contributed by atoms with Crippen molar-refractivity contribution in [1.29, 1.82) is 0 Å². The van der Waals surface area contributed by atoms with Crippen molar-refractivity contribution in [2.75, 3.05) is 6.61 Å². The van der Waals surface area contributed by atoms with Crippen LogP contribution in [-0.2, 0) is 5.41 Å². The van der Waals surface area contributed by atoms with Crippen LogP contribution in [0, 0.1) is 6.92 Å². The molecule has 3 rings (SSSR count). The quantitative estimate of drug-likeness (QED) is 0.857. The summed E-state index contributed by atoms with van der Waals surface area (Å²) < 4.78 is 0. The van der Waals surface area contributed by atoms with Gasteiger partial charge in [0.25, 0.3) is 0 Å². The fraction of sp³-hybridized carbons (Fsp3) is 0.417. The van der Waals surface area contributed by atoms with Gasteiger partial charge in [-0.15, -0.1) is 11.3 Å². The third-order valence-corrected chi connectivity index (χ3v) is 4.39. The molecule has 0 radical (unpaired) electrons. The van der Waals surface area contributed by atoms with Crippen molar-refractivity contribution in [2.45, 2.75) is 25.2 Å². The van der Waals surface area contributed by atoms with Crippen LogP contribution in [0.3, 0.4) is 0 Å². The molecule has 0 amide bonds. The van der Waals surface area contributed by atoms with E-state index in [1.165, 1.54) is 10.4 Å². The second-order valence-corrected chi connectivity index (χ2v) is 5.43. The molecule has 1 saturated carbocycles. The van der Waals surface area contributed by atoms with Crippen LogP contribution in [0.4, 0.5) is 0 Å². The summed E-state index contributed by atoms with van der Waals surface area (Å²) in [4.78, 5) is 9.00. The number of H-pyrrole nitrogens is 1. The zero-order chi connectivity index (χ0) is 11.2. The topological polar surface area (TPSA) is 48.9 Å². The molecule has 2 aromatic heterocycles. The number of nitrogens with one attached hydrogen (secondary N) is 1. The first-order valence-corrected chi connectivity index (χ1v) is 6.34. The van der Waals surface area contributed by atoms with Gasteiger partial charge >= 0.3 is 0 Å². The highest BCUT2D eigenvalue weighted by Gasteiger charge is 2.46. The molecule has 0 bridgehead atoms. The Morgan fingerprint density at radius 3 is 2.94 bits per heavy atom. The van der Waals surface area contributed by atoms with Crippen LogP contribution >= 0.6 is 11.3 Å². The zero-order valence-corrected chi connectivity index (χ0v) is 9.97. The molecule has 3 nitrogen and oxygen atoms in total. The third kappa shape index (κ3) is 1.41. The van der Waals surface area contributed by atoms with Gasteiger partial charge in [0.2, 0.25) is 0 Å². The molecule has 4 heteroatoms. The standard InChI is InChI=1S/C12H14N2OS/c1-8-2-5-16-10(8)9-6-13-11(14-9)12(7-15)3-4-12/h2,5-6,15H,3-4,7H2,1H3,(H,13,14). The molecule has 0 unspecified atom stereocenters. The van der Waals surface area contributed by atoms with E-state index >= 15 is 0 Å². The molecule has 1 aliphatic rings. The molecule has 84 valence electrons. The number of aromatic nitrogens is 2. The number of aromatic amines is 1. The van der Waals surface area contributed by atoms with Crippen molar-refractivity contribution in [3.63, 3.8) is 0 Å². The smallest absolute Gasteiger partial charge is 0.115 e. The van der Waals surface area contributed by atoms with Crippen molar-refractivity contribution < 1.29 is 5.11 Å². The van der Waals surface area contributed by atoms with Gasteiger partial charge in [0.05, 0.1) is 28.8 Å². The summed E-state index contributed by atoms with van der Waals surface area (Å²) in [5, 5.41) is 11.4. The number of nitrogens with zero attached hydrogens (tertiary/aromatic N) is 1. The maximum Gasteiger partial charge on any atom is 0.115 e. The van der Waals surface area contributed by atoms with Crippen molar-refractivity contribution >= 4 is 11.3 Å². The summed E-state index contributed by atoms with van der Waals surface area (Å²) in [6.07, 6.45) is 3.96. The monoisotopic (exact) mass is 234 g/mol. The van der Waals surface area contributed by atoms with E-state index in [1.807, 2.05) is 6.20 Å². The molecule has 2 N–H and O–H groups in total. The lowest BCUT2D eigenvalue weighted by Crippen LogP contribution is -2.13. The number of aryl methyl sites for hydroxylation is 1. The second-order valence-electron chi connectivity index (χ2n) is 4.52. The highest BCUT2D eigenvalue weighted by Crippen LogP contribution is 2.46. The van der Waals surface area contributed by atoms with E-state index in [0.717, 1.165) is 24.4 Å². The molecule has 0 aromatic carbocycles. The third-order valence-electron chi connectivity index (χ3n) is 3.34. The van der Waals surface area contributed by atoms with Crippen LogP contribution in [0.1, 0.15) is 24.2 Å². The number of rotatable bonds is 3. The second kappa shape index (κ2) is 3.43. The molecule has 2 heterocycles. The number of aliphatic hydroxyl groups excluding tert-OH is 1. The minimum absolute atomic E-state index is 0.0661. The van der Waals surface area contributed by atoms with Gasteiger partial charge in [-0.1, -0.05) is 0 Å². The fourth-order valence-corrected chi connectivity index (χ4v) is 2.87. The molecular formula is C12H14N2OS. The Labute approximate surface area is 98.2 Å². The predicted octanol–water partition coefficient (Wildman–Crippen LogP) is 2.47. The van der Waals surface area contributed by atoms with Crippen molar-refractivity contribution in [1.82, 2.24) is 9.97 Å². The fourth-order valence-electron chi connectivity index (χ4n) is 1.98. The highest BCUT2D eigenvalue weighted by molar-refractivity contribution is 7.13. The van der Waals surface area contributed by atoms with Gasteiger partial charge in [-0.05, 0) is 36.8 Å². The van der Waals surface area contributed by atoms with Gasteiger partial charge in [0, 0.05) is 0 Å². The van der Waals surface area contributed by atoms with E-state index in [0.29, 0.717) is 0 Å². The van der Waals surface area contributed by atoms with Crippen molar-refractivity contribution in [3.8, 4) is 10.6 Å². The summed E-state index contributed by atoms with van der Waals surface area (Å²) in [5.74, 6) is 0.942. The van der Waals surface area contributed by atoms with E-state index in [2.05, 4.69) is 28.3 Å². The molecule has 0 atom stereocenters. The number of imidazole rings is 1. The molecule has 16 heavy (non-hydrogen) atoms. The van der Waals surface area contributed by atoms with Crippen molar-refractivity contribution in [2.24, 2.45) is 0 Å². The molecule has 0 aliphatic heterocycles. The van der Waals surface area contributed by atoms with Crippen molar-refractivity contribution in [3.05, 3.63) is 29.0 Å². The zero-order valence-electron chi connectivity index (χ0n) is 9.16.